The van der Waals surface area contributed by atoms with Crippen LogP contribution in [0.2, 0.25) is 0 Å². The molecule has 4 heterocycles. The number of phenolic OH excluding ortho intramolecular Hbond substituents is 2. The Morgan fingerprint density at radius 1 is 0.578 bits per heavy atom. The summed E-state index contributed by atoms with van der Waals surface area (Å²) in [5.74, 6) is 3.58. The Morgan fingerprint density at radius 3 is 1.53 bits per heavy atom. The average molecular weight is 865 g/mol. The first-order valence-electron chi connectivity index (χ1n) is 22.4. The fourth-order valence-corrected chi connectivity index (χ4v) is 8.26. The van der Waals surface area contributed by atoms with Crippen LogP contribution in [0, 0.1) is 6.92 Å². The van der Waals surface area contributed by atoms with Crippen molar-refractivity contribution in [3.8, 4) is 23.0 Å². The molecule has 0 aliphatic carbocycles. The van der Waals surface area contributed by atoms with E-state index in [2.05, 4.69) is 127 Å². The second-order valence-electron chi connectivity index (χ2n) is 16.7. The molecule has 12 heteroatoms. The Balaban J connectivity index is 0.000000192. The molecule has 6 aromatic rings. The summed E-state index contributed by atoms with van der Waals surface area (Å²) >= 11 is 0. The summed E-state index contributed by atoms with van der Waals surface area (Å²) in [5.41, 5.74) is 7.64. The number of pyridine rings is 2. The standard InChI is InChI=1S/C27H34N4O2.C25H30N4O2/c1-21(16-22-8-4-3-5-9-22)29-19-23-17-24(27(32)25(18-23)33-2)20-30-12-14-31(15-13-30)26-10-6-7-11-28-26;1-19-6-8-22(9-7-19)27-17-20-15-21(25(30)23(16-20)31-2)18-28-11-13-29(14-12-28)24-5-3-4-10-26-24/h3-11,17-18,21,29,32H,12-16,19-20H2,1-2H3;3-10,15-16,27,30H,11-14,17-18H2,1-2H3. The number of hydrogen-bond donors (Lipinski definition) is 4. The lowest BCUT2D eigenvalue weighted by Crippen LogP contribution is -2.46. The van der Waals surface area contributed by atoms with Crippen LogP contribution in [-0.2, 0) is 32.6 Å². The fourth-order valence-electron chi connectivity index (χ4n) is 8.26. The number of aryl methyl sites for hydroxylation is 1. The average Bonchev–Trinajstić information content (AvgIpc) is 3.34. The molecule has 8 rings (SSSR count). The van der Waals surface area contributed by atoms with Crippen LogP contribution >= 0.6 is 0 Å². The van der Waals surface area contributed by atoms with Crippen molar-refractivity contribution in [3.63, 3.8) is 0 Å². The number of methoxy groups -OCH3 is 2. The summed E-state index contributed by atoms with van der Waals surface area (Å²) in [7, 11) is 3.21. The first kappa shape index (κ1) is 45.7. The van der Waals surface area contributed by atoms with Gasteiger partial charge in [-0.3, -0.25) is 9.80 Å². The minimum atomic E-state index is 0.230. The molecule has 0 bridgehead atoms. The minimum Gasteiger partial charge on any atom is -0.504 e. The molecule has 2 fully saturated rings. The van der Waals surface area contributed by atoms with Gasteiger partial charge in [-0.25, -0.2) is 9.97 Å². The van der Waals surface area contributed by atoms with Gasteiger partial charge in [0.1, 0.15) is 11.6 Å². The number of phenols is 2. The first-order valence-corrected chi connectivity index (χ1v) is 22.4. The molecule has 2 aliphatic heterocycles. The van der Waals surface area contributed by atoms with E-state index in [-0.39, 0.29) is 11.5 Å². The number of benzene rings is 4. The third-order valence-electron chi connectivity index (χ3n) is 11.9. The van der Waals surface area contributed by atoms with Crippen LogP contribution in [0.25, 0.3) is 0 Å². The van der Waals surface area contributed by atoms with Gasteiger partial charge in [-0.2, -0.15) is 0 Å². The van der Waals surface area contributed by atoms with E-state index in [4.69, 9.17) is 9.47 Å². The number of aromatic hydroxyl groups is 2. The van der Waals surface area contributed by atoms with Crippen molar-refractivity contribution in [3.05, 3.63) is 161 Å². The zero-order valence-corrected chi connectivity index (χ0v) is 37.8. The van der Waals surface area contributed by atoms with Crippen LogP contribution in [0.4, 0.5) is 17.3 Å². The second kappa shape index (κ2) is 22.8. The third-order valence-corrected chi connectivity index (χ3v) is 11.9. The van der Waals surface area contributed by atoms with Gasteiger partial charge >= 0.3 is 0 Å². The SMILES string of the molecule is COc1cc(CNC(C)Cc2ccccc2)cc(CN2CCN(c3ccccn3)CC2)c1O.COc1cc(CNc2ccc(C)cc2)cc(CN2CCN(c3ccccn3)CC2)c1O. The zero-order chi connectivity index (χ0) is 44.7. The Kier molecular flexibility index (Phi) is 16.3. The first-order chi connectivity index (χ1) is 31.2. The van der Waals surface area contributed by atoms with E-state index >= 15 is 0 Å². The van der Waals surface area contributed by atoms with Crippen molar-refractivity contribution in [2.75, 3.05) is 81.7 Å². The van der Waals surface area contributed by atoms with E-state index in [1.807, 2.05) is 54.9 Å². The van der Waals surface area contributed by atoms with E-state index in [0.29, 0.717) is 37.2 Å². The summed E-state index contributed by atoms with van der Waals surface area (Å²) in [6, 6.07) is 39.3. The molecule has 1 unspecified atom stereocenters. The number of nitrogens with one attached hydrogen (secondary N) is 2. The van der Waals surface area contributed by atoms with Crippen molar-refractivity contribution < 1.29 is 19.7 Å². The number of nitrogens with zero attached hydrogens (tertiary/aromatic N) is 6. The molecule has 0 radical (unpaired) electrons. The lowest BCUT2D eigenvalue weighted by molar-refractivity contribution is 0.245. The van der Waals surface area contributed by atoms with E-state index in [1.165, 1.54) is 11.1 Å². The van der Waals surface area contributed by atoms with Crippen molar-refractivity contribution in [2.45, 2.75) is 52.5 Å². The molecule has 0 spiro atoms. The quantitative estimate of drug-likeness (QED) is 0.0758. The normalized spacial score (nSPS) is 14.9. The third kappa shape index (κ3) is 12.9. The second-order valence-corrected chi connectivity index (χ2v) is 16.7. The predicted octanol–water partition coefficient (Wildman–Crippen LogP) is 7.88. The minimum absolute atomic E-state index is 0.230. The van der Waals surface area contributed by atoms with Gasteiger partial charge in [0.2, 0.25) is 0 Å². The molecule has 336 valence electrons. The Morgan fingerprint density at radius 2 is 1.06 bits per heavy atom. The molecule has 4 N–H and O–H groups in total. The Bertz CT molecular complexity index is 2320. The lowest BCUT2D eigenvalue weighted by atomic mass is 10.1. The monoisotopic (exact) mass is 865 g/mol. The number of rotatable bonds is 16. The fraction of sp³-hybridized carbons (Fsp3) is 0.346. The van der Waals surface area contributed by atoms with Crippen LogP contribution in [0.15, 0.2) is 128 Å². The highest BCUT2D eigenvalue weighted by atomic mass is 16.5. The number of ether oxygens (including phenoxy) is 2. The number of hydrogen-bond acceptors (Lipinski definition) is 12. The van der Waals surface area contributed by atoms with E-state index < -0.39 is 0 Å². The molecular formula is C52H64N8O4. The highest BCUT2D eigenvalue weighted by Crippen LogP contribution is 2.34. The topological polar surface area (TPSA) is 122 Å². The number of piperazine rings is 2. The maximum atomic E-state index is 10.8. The highest BCUT2D eigenvalue weighted by Gasteiger charge is 2.22. The van der Waals surface area contributed by atoms with E-state index in [0.717, 1.165) is 105 Å². The summed E-state index contributed by atoms with van der Waals surface area (Å²) in [6.45, 7) is 14.4. The number of aromatic nitrogens is 2. The van der Waals surface area contributed by atoms with Gasteiger partial charge in [0.15, 0.2) is 23.0 Å². The molecule has 4 aromatic carbocycles. The molecule has 2 aromatic heterocycles. The largest absolute Gasteiger partial charge is 0.504 e. The summed E-state index contributed by atoms with van der Waals surface area (Å²) in [4.78, 5) is 18.3. The van der Waals surface area contributed by atoms with Gasteiger partial charge < -0.3 is 40.1 Å². The lowest BCUT2D eigenvalue weighted by Gasteiger charge is -2.35. The predicted molar refractivity (Wildman–Crippen MR) is 258 cm³/mol. The van der Waals surface area contributed by atoms with Crippen LogP contribution < -0.4 is 29.9 Å². The molecule has 0 saturated carbocycles. The van der Waals surface area contributed by atoms with E-state index in [9.17, 15) is 10.2 Å². The molecular weight excluding hydrogens is 801 g/mol. The Labute approximate surface area is 379 Å². The van der Waals surface area contributed by atoms with Crippen LogP contribution in [-0.4, -0.2) is 103 Å². The van der Waals surface area contributed by atoms with Gasteiger partial charge in [-0.1, -0.05) is 60.2 Å². The number of anilines is 3. The van der Waals surface area contributed by atoms with Gasteiger partial charge in [0, 0.05) is 114 Å². The van der Waals surface area contributed by atoms with Gasteiger partial charge in [-0.15, -0.1) is 0 Å². The Hall–Kier alpha value is -6.34. The van der Waals surface area contributed by atoms with Crippen molar-refractivity contribution in [1.29, 1.82) is 0 Å². The molecule has 64 heavy (non-hydrogen) atoms. The zero-order valence-electron chi connectivity index (χ0n) is 37.8. The van der Waals surface area contributed by atoms with Crippen molar-refractivity contribution in [1.82, 2.24) is 25.1 Å². The molecule has 2 saturated heterocycles. The summed E-state index contributed by atoms with van der Waals surface area (Å²) in [5, 5.41) is 28.5. The van der Waals surface area contributed by atoms with Crippen molar-refractivity contribution in [2.24, 2.45) is 0 Å². The smallest absolute Gasteiger partial charge is 0.162 e. The van der Waals surface area contributed by atoms with Gasteiger partial charge in [0.25, 0.3) is 0 Å². The molecule has 0 amide bonds. The van der Waals surface area contributed by atoms with E-state index in [1.54, 1.807) is 14.2 Å². The van der Waals surface area contributed by atoms with Gasteiger partial charge in [0.05, 0.1) is 14.2 Å². The van der Waals surface area contributed by atoms with Crippen molar-refractivity contribution >= 4 is 17.3 Å². The van der Waals surface area contributed by atoms with Gasteiger partial charge in [-0.05, 0) is 97.6 Å². The molecule has 12 nitrogen and oxygen atoms in total. The highest BCUT2D eigenvalue weighted by molar-refractivity contribution is 5.51. The van der Waals surface area contributed by atoms with Crippen LogP contribution in [0.5, 0.6) is 23.0 Å². The van der Waals surface area contributed by atoms with Crippen LogP contribution in [0.3, 0.4) is 0 Å². The summed E-state index contributed by atoms with van der Waals surface area (Å²) in [6.07, 6.45) is 4.65. The summed E-state index contributed by atoms with van der Waals surface area (Å²) < 4.78 is 10.9. The van der Waals surface area contributed by atoms with Crippen LogP contribution in [0.1, 0.15) is 40.3 Å². The molecule has 1 atom stereocenters. The maximum absolute atomic E-state index is 10.8. The maximum Gasteiger partial charge on any atom is 0.162 e. The molecule has 2 aliphatic rings.